The van der Waals surface area contributed by atoms with E-state index in [2.05, 4.69) is 14.7 Å². The van der Waals surface area contributed by atoms with Crippen LogP contribution in [0.1, 0.15) is 0 Å². The van der Waals surface area contributed by atoms with Crippen LogP contribution in [0.15, 0.2) is 35.5 Å². The highest BCUT2D eigenvalue weighted by Gasteiger charge is 2.16. The molecule has 0 atom stereocenters. The van der Waals surface area contributed by atoms with Gasteiger partial charge in [0.1, 0.15) is 17.3 Å². The fraction of sp³-hybridized carbons (Fsp3) is 0. The van der Waals surface area contributed by atoms with Gasteiger partial charge in [-0.3, -0.25) is 4.72 Å². The standard InChI is InChI=1S/C10H6Cl3N3O2S/c11-7-2-1-6(3-8(7)12)19(17,18)16-10-4-9(13)14-5-15-10/h1-5H,(H,14,15,16). The van der Waals surface area contributed by atoms with Gasteiger partial charge in [0, 0.05) is 6.07 Å². The third-order valence-electron chi connectivity index (χ3n) is 2.07. The van der Waals surface area contributed by atoms with Gasteiger partial charge in [0.05, 0.1) is 14.9 Å². The molecule has 9 heteroatoms. The Morgan fingerprint density at radius 2 is 1.74 bits per heavy atom. The van der Waals surface area contributed by atoms with Crippen LogP contribution in [0.4, 0.5) is 5.82 Å². The van der Waals surface area contributed by atoms with Crippen molar-refractivity contribution in [1.29, 1.82) is 0 Å². The van der Waals surface area contributed by atoms with Crippen LogP contribution in [-0.2, 0) is 10.0 Å². The second-order valence-corrected chi connectivity index (χ2v) is 6.29. The molecule has 2 aromatic rings. The fourth-order valence-electron chi connectivity index (χ4n) is 1.23. The van der Waals surface area contributed by atoms with E-state index in [4.69, 9.17) is 34.8 Å². The first kappa shape index (κ1) is 14.3. The SMILES string of the molecule is O=S(=O)(Nc1cc(Cl)ncn1)c1ccc(Cl)c(Cl)c1. The molecule has 0 aliphatic carbocycles. The van der Waals surface area contributed by atoms with Gasteiger partial charge in [0.25, 0.3) is 10.0 Å². The first-order chi connectivity index (χ1) is 8.88. The molecule has 1 aromatic heterocycles. The molecular weight excluding hydrogens is 333 g/mol. The molecule has 5 nitrogen and oxygen atoms in total. The van der Waals surface area contributed by atoms with Crippen LogP contribution < -0.4 is 4.72 Å². The van der Waals surface area contributed by atoms with E-state index in [9.17, 15) is 8.42 Å². The zero-order valence-corrected chi connectivity index (χ0v) is 12.2. The minimum atomic E-state index is -3.81. The Morgan fingerprint density at radius 1 is 1.00 bits per heavy atom. The van der Waals surface area contributed by atoms with E-state index in [0.717, 1.165) is 6.33 Å². The van der Waals surface area contributed by atoms with Crippen LogP contribution in [0, 0.1) is 0 Å². The molecule has 0 radical (unpaired) electrons. The molecule has 0 amide bonds. The van der Waals surface area contributed by atoms with Crippen LogP contribution in [0.5, 0.6) is 0 Å². The van der Waals surface area contributed by atoms with E-state index in [1.165, 1.54) is 24.3 Å². The Kier molecular flexibility index (Phi) is 4.15. The number of aromatic nitrogens is 2. The van der Waals surface area contributed by atoms with Crippen molar-refractivity contribution in [2.45, 2.75) is 4.90 Å². The van der Waals surface area contributed by atoms with Crippen LogP contribution in [0.3, 0.4) is 0 Å². The maximum Gasteiger partial charge on any atom is 0.263 e. The lowest BCUT2D eigenvalue weighted by molar-refractivity contribution is 0.601. The molecule has 0 aliphatic rings. The van der Waals surface area contributed by atoms with Gasteiger partial charge in [-0.25, -0.2) is 18.4 Å². The quantitative estimate of drug-likeness (QED) is 0.872. The van der Waals surface area contributed by atoms with Gasteiger partial charge >= 0.3 is 0 Å². The van der Waals surface area contributed by atoms with E-state index in [-0.39, 0.29) is 25.9 Å². The van der Waals surface area contributed by atoms with Crippen LogP contribution >= 0.6 is 34.8 Å². The molecule has 19 heavy (non-hydrogen) atoms. The Bertz CT molecular complexity index is 722. The van der Waals surface area contributed by atoms with Gasteiger partial charge in [-0.05, 0) is 18.2 Å². The summed E-state index contributed by atoms with van der Waals surface area (Å²) in [5.74, 6) is 0.0612. The van der Waals surface area contributed by atoms with E-state index in [1.54, 1.807) is 0 Å². The second-order valence-electron chi connectivity index (χ2n) is 3.41. The van der Waals surface area contributed by atoms with Crippen molar-refractivity contribution in [3.63, 3.8) is 0 Å². The number of nitrogens with one attached hydrogen (secondary N) is 1. The summed E-state index contributed by atoms with van der Waals surface area (Å²) in [4.78, 5) is 7.36. The van der Waals surface area contributed by atoms with Gasteiger partial charge in [-0.2, -0.15) is 0 Å². The van der Waals surface area contributed by atoms with Crippen molar-refractivity contribution in [1.82, 2.24) is 9.97 Å². The van der Waals surface area contributed by atoms with Crippen LogP contribution in [0.2, 0.25) is 15.2 Å². The fourth-order valence-corrected chi connectivity index (χ4v) is 2.76. The van der Waals surface area contributed by atoms with Crippen molar-refractivity contribution < 1.29 is 8.42 Å². The first-order valence-electron chi connectivity index (χ1n) is 4.84. The average molecular weight is 339 g/mol. The molecule has 100 valence electrons. The van der Waals surface area contributed by atoms with Crippen molar-refractivity contribution in [3.05, 3.63) is 45.8 Å². The normalized spacial score (nSPS) is 11.3. The Balaban J connectivity index is 2.35. The third kappa shape index (κ3) is 3.48. The van der Waals surface area contributed by atoms with Crippen molar-refractivity contribution in [2.24, 2.45) is 0 Å². The van der Waals surface area contributed by atoms with Gasteiger partial charge < -0.3 is 0 Å². The minimum absolute atomic E-state index is 0.0309. The number of hydrogen-bond donors (Lipinski definition) is 1. The molecule has 0 aliphatic heterocycles. The molecule has 0 saturated carbocycles. The molecule has 1 aromatic carbocycles. The van der Waals surface area contributed by atoms with Gasteiger partial charge in [-0.1, -0.05) is 34.8 Å². The lowest BCUT2D eigenvalue weighted by Gasteiger charge is -2.07. The van der Waals surface area contributed by atoms with Gasteiger partial charge in [-0.15, -0.1) is 0 Å². The molecule has 0 fully saturated rings. The largest absolute Gasteiger partial charge is 0.263 e. The van der Waals surface area contributed by atoms with E-state index < -0.39 is 10.0 Å². The zero-order chi connectivity index (χ0) is 14.0. The maximum absolute atomic E-state index is 12.1. The molecule has 0 spiro atoms. The van der Waals surface area contributed by atoms with E-state index >= 15 is 0 Å². The number of nitrogens with zero attached hydrogens (tertiary/aromatic N) is 2. The molecule has 0 saturated heterocycles. The highest BCUT2D eigenvalue weighted by Crippen LogP contribution is 2.25. The summed E-state index contributed by atoms with van der Waals surface area (Å²) in [6, 6.07) is 5.26. The zero-order valence-electron chi connectivity index (χ0n) is 9.14. The third-order valence-corrected chi connectivity index (χ3v) is 4.37. The number of sulfonamides is 1. The lowest BCUT2D eigenvalue weighted by Crippen LogP contribution is -2.14. The average Bonchev–Trinajstić information content (AvgIpc) is 2.32. The Labute approximate surface area is 124 Å². The summed E-state index contributed by atoms with van der Waals surface area (Å²) in [5, 5.41) is 0.540. The lowest BCUT2D eigenvalue weighted by atomic mass is 10.4. The summed E-state index contributed by atoms with van der Waals surface area (Å²) in [5.41, 5.74) is 0. The molecule has 0 bridgehead atoms. The number of anilines is 1. The Morgan fingerprint density at radius 3 is 2.37 bits per heavy atom. The first-order valence-corrected chi connectivity index (χ1v) is 7.45. The molecular formula is C10H6Cl3N3O2S. The van der Waals surface area contributed by atoms with Gasteiger partial charge in [0.15, 0.2) is 0 Å². The molecule has 0 unspecified atom stereocenters. The predicted molar refractivity (Wildman–Crippen MR) is 74.3 cm³/mol. The highest BCUT2D eigenvalue weighted by atomic mass is 35.5. The number of halogens is 3. The summed E-state index contributed by atoms with van der Waals surface area (Å²) in [6.07, 6.45) is 1.15. The molecule has 2 rings (SSSR count). The molecule has 1 heterocycles. The van der Waals surface area contributed by atoms with Crippen LogP contribution in [-0.4, -0.2) is 18.4 Å². The summed E-state index contributed by atoms with van der Waals surface area (Å²) >= 11 is 17.1. The Hall–Kier alpha value is -1.08. The summed E-state index contributed by atoms with van der Waals surface area (Å²) in [7, 11) is -3.81. The molecule has 1 N–H and O–H groups in total. The number of hydrogen-bond acceptors (Lipinski definition) is 4. The van der Waals surface area contributed by atoms with Crippen molar-refractivity contribution >= 4 is 50.6 Å². The number of benzene rings is 1. The predicted octanol–water partition coefficient (Wildman–Crippen LogP) is 3.24. The smallest absolute Gasteiger partial charge is 0.263 e. The second kappa shape index (κ2) is 5.50. The van der Waals surface area contributed by atoms with E-state index in [1.807, 2.05) is 0 Å². The highest BCUT2D eigenvalue weighted by molar-refractivity contribution is 7.92. The maximum atomic E-state index is 12.1. The van der Waals surface area contributed by atoms with Crippen LogP contribution in [0.25, 0.3) is 0 Å². The van der Waals surface area contributed by atoms with Crippen molar-refractivity contribution in [2.75, 3.05) is 4.72 Å². The number of rotatable bonds is 3. The van der Waals surface area contributed by atoms with Crippen molar-refractivity contribution in [3.8, 4) is 0 Å². The minimum Gasteiger partial charge on any atom is -0.263 e. The van der Waals surface area contributed by atoms with E-state index in [0.29, 0.717) is 0 Å². The summed E-state index contributed by atoms with van der Waals surface area (Å²) in [6.45, 7) is 0. The summed E-state index contributed by atoms with van der Waals surface area (Å²) < 4.78 is 26.4. The van der Waals surface area contributed by atoms with Gasteiger partial charge in [0.2, 0.25) is 0 Å². The monoisotopic (exact) mass is 337 g/mol. The topological polar surface area (TPSA) is 72.0 Å².